The lowest BCUT2D eigenvalue weighted by molar-refractivity contribution is -0.384. The third-order valence-corrected chi connectivity index (χ3v) is 3.48. The molecule has 8 nitrogen and oxygen atoms in total. The quantitative estimate of drug-likeness (QED) is 0.610. The number of nitro groups is 1. The summed E-state index contributed by atoms with van der Waals surface area (Å²) in [5, 5.41) is 16.4. The van der Waals surface area contributed by atoms with E-state index in [1.54, 1.807) is 0 Å². The van der Waals surface area contributed by atoms with Gasteiger partial charge in [-0.3, -0.25) is 14.9 Å². The summed E-state index contributed by atoms with van der Waals surface area (Å²) < 4.78 is 11.0. The maximum atomic E-state index is 11.9. The second-order valence-electron chi connectivity index (χ2n) is 5.07. The van der Waals surface area contributed by atoms with Crippen molar-refractivity contribution in [2.24, 2.45) is 0 Å². The molecule has 1 aromatic rings. The molecule has 2 N–H and O–H groups in total. The number of anilines is 1. The van der Waals surface area contributed by atoms with Gasteiger partial charge in [0.1, 0.15) is 0 Å². The topological polar surface area (TPSA) is 103 Å². The van der Waals surface area contributed by atoms with Gasteiger partial charge in [0.2, 0.25) is 0 Å². The minimum atomic E-state index is -0.624. The van der Waals surface area contributed by atoms with Crippen molar-refractivity contribution in [1.82, 2.24) is 5.32 Å². The maximum absolute atomic E-state index is 11.9. The van der Waals surface area contributed by atoms with Gasteiger partial charge in [-0.1, -0.05) is 0 Å². The summed E-state index contributed by atoms with van der Waals surface area (Å²) in [6.45, 7) is 3.50. The summed E-state index contributed by atoms with van der Waals surface area (Å²) in [6.07, 6.45) is 0.594. The van der Waals surface area contributed by atoms with Crippen molar-refractivity contribution in [3.63, 3.8) is 0 Å². The summed E-state index contributed by atoms with van der Waals surface area (Å²) in [5.41, 5.74) is 0.639. The van der Waals surface area contributed by atoms with E-state index in [1.807, 2.05) is 6.92 Å². The Balaban J connectivity index is 2.08. The molecule has 0 aliphatic carbocycles. The number of hydrogen-bond donors (Lipinski definition) is 2. The number of nitrogens with zero attached hydrogens (tertiary/aromatic N) is 1. The minimum Gasteiger partial charge on any atom is -0.384 e. The predicted octanol–water partition coefficient (Wildman–Crippen LogP) is 1.52. The predicted molar refractivity (Wildman–Crippen MR) is 79.9 cm³/mol. The summed E-state index contributed by atoms with van der Waals surface area (Å²) in [6, 6.07) is 4.14. The molecule has 0 saturated carbocycles. The van der Waals surface area contributed by atoms with Gasteiger partial charge in [0.15, 0.2) is 5.79 Å². The van der Waals surface area contributed by atoms with Crippen LogP contribution in [0.2, 0.25) is 0 Å². The highest BCUT2D eigenvalue weighted by atomic mass is 16.7. The molecule has 0 aromatic heterocycles. The molecule has 0 unspecified atom stereocenters. The van der Waals surface area contributed by atoms with Crippen molar-refractivity contribution in [2.75, 3.05) is 32.1 Å². The first kappa shape index (κ1) is 16.2. The van der Waals surface area contributed by atoms with E-state index in [0.717, 1.165) is 0 Å². The summed E-state index contributed by atoms with van der Waals surface area (Å²) in [4.78, 5) is 22.2. The van der Waals surface area contributed by atoms with Crippen LogP contribution in [0.15, 0.2) is 18.2 Å². The van der Waals surface area contributed by atoms with Crippen LogP contribution in [0.25, 0.3) is 0 Å². The number of nitro benzene ring substituents is 1. The maximum Gasteiger partial charge on any atom is 0.270 e. The van der Waals surface area contributed by atoms with Gasteiger partial charge >= 0.3 is 0 Å². The fraction of sp³-hybridized carbons (Fsp3) is 0.500. The number of rotatable bonds is 6. The van der Waals surface area contributed by atoms with E-state index < -0.39 is 10.7 Å². The van der Waals surface area contributed by atoms with Crippen LogP contribution in [0.3, 0.4) is 0 Å². The zero-order chi connectivity index (χ0) is 16.2. The third kappa shape index (κ3) is 3.71. The molecule has 1 saturated heterocycles. The molecular formula is C14H19N3O5. The molecule has 1 aromatic carbocycles. The minimum absolute atomic E-state index is 0.126. The van der Waals surface area contributed by atoms with Crippen LogP contribution in [-0.4, -0.2) is 43.4 Å². The Bertz CT molecular complexity index is 570. The number of nitrogens with one attached hydrogen (secondary N) is 2. The average molecular weight is 309 g/mol. The SMILES string of the molecule is CNC(=O)c1cc([N+](=O)[O-])ccc1NCCC1(C)OCCO1. The van der Waals surface area contributed by atoms with Gasteiger partial charge < -0.3 is 20.1 Å². The molecule has 8 heteroatoms. The van der Waals surface area contributed by atoms with Crippen molar-refractivity contribution in [2.45, 2.75) is 19.1 Å². The van der Waals surface area contributed by atoms with Crippen molar-refractivity contribution in [1.29, 1.82) is 0 Å². The highest BCUT2D eigenvalue weighted by Gasteiger charge is 2.30. The van der Waals surface area contributed by atoms with Crippen LogP contribution in [-0.2, 0) is 9.47 Å². The molecule has 0 atom stereocenters. The van der Waals surface area contributed by atoms with E-state index in [-0.39, 0.29) is 17.2 Å². The van der Waals surface area contributed by atoms with Crippen LogP contribution in [0.5, 0.6) is 0 Å². The lowest BCUT2D eigenvalue weighted by atomic mass is 10.1. The first-order valence-electron chi connectivity index (χ1n) is 6.97. The van der Waals surface area contributed by atoms with Gasteiger partial charge in [-0.05, 0) is 13.0 Å². The molecule has 1 aliphatic heterocycles. The molecule has 1 heterocycles. The molecule has 1 fully saturated rings. The fourth-order valence-corrected chi connectivity index (χ4v) is 2.25. The van der Waals surface area contributed by atoms with Crippen LogP contribution >= 0.6 is 0 Å². The smallest absolute Gasteiger partial charge is 0.270 e. The van der Waals surface area contributed by atoms with E-state index >= 15 is 0 Å². The summed E-state index contributed by atoms with van der Waals surface area (Å²) >= 11 is 0. The molecule has 1 aliphatic rings. The average Bonchev–Trinajstić information content (AvgIpc) is 2.93. The number of hydrogen-bond acceptors (Lipinski definition) is 6. The van der Waals surface area contributed by atoms with E-state index in [1.165, 1.54) is 25.2 Å². The first-order valence-corrected chi connectivity index (χ1v) is 6.97. The Morgan fingerprint density at radius 1 is 1.41 bits per heavy atom. The number of amides is 1. The third-order valence-electron chi connectivity index (χ3n) is 3.48. The second kappa shape index (κ2) is 6.71. The first-order chi connectivity index (χ1) is 10.4. The van der Waals surface area contributed by atoms with Gasteiger partial charge in [0, 0.05) is 37.8 Å². The van der Waals surface area contributed by atoms with Gasteiger partial charge in [0.05, 0.1) is 23.7 Å². The van der Waals surface area contributed by atoms with Crippen molar-refractivity contribution >= 4 is 17.3 Å². The van der Waals surface area contributed by atoms with E-state index in [0.29, 0.717) is 31.9 Å². The van der Waals surface area contributed by atoms with Gasteiger partial charge in [-0.15, -0.1) is 0 Å². The zero-order valence-corrected chi connectivity index (χ0v) is 12.5. The van der Waals surface area contributed by atoms with Crippen LogP contribution < -0.4 is 10.6 Å². The fourth-order valence-electron chi connectivity index (χ4n) is 2.25. The molecule has 0 spiro atoms. The Morgan fingerprint density at radius 3 is 2.68 bits per heavy atom. The Morgan fingerprint density at radius 2 is 2.09 bits per heavy atom. The molecule has 2 rings (SSSR count). The van der Waals surface area contributed by atoms with E-state index in [9.17, 15) is 14.9 Å². The lowest BCUT2D eigenvalue weighted by Gasteiger charge is -2.22. The molecule has 0 bridgehead atoms. The Kier molecular flexibility index (Phi) is 4.94. The number of non-ortho nitro benzene ring substituents is 1. The molecule has 0 radical (unpaired) electrons. The zero-order valence-electron chi connectivity index (χ0n) is 12.5. The van der Waals surface area contributed by atoms with Crippen LogP contribution in [0.4, 0.5) is 11.4 Å². The highest BCUT2D eigenvalue weighted by molar-refractivity contribution is 6.00. The van der Waals surface area contributed by atoms with Crippen LogP contribution in [0.1, 0.15) is 23.7 Å². The summed E-state index contributed by atoms with van der Waals surface area (Å²) in [7, 11) is 1.48. The molecule has 1 amide bonds. The number of ether oxygens (including phenoxy) is 2. The number of carbonyl (C=O) groups is 1. The van der Waals surface area contributed by atoms with Gasteiger partial charge in [-0.25, -0.2) is 0 Å². The molecule has 22 heavy (non-hydrogen) atoms. The van der Waals surface area contributed by atoms with Gasteiger partial charge in [-0.2, -0.15) is 0 Å². The van der Waals surface area contributed by atoms with Crippen LogP contribution in [0, 0.1) is 10.1 Å². The normalized spacial score (nSPS) is 16.3. The van der Waals surface area contributed by atoms with E-state index in [2.05, 4.69) is 10.6 Å². The van der Waals surface area contributed by atoms with Gasteiger partial charge in [0.25, 0.3) is 11.6 Å². The molecular weight excluding hydrogens is 290 g/mol. The number of carbonyl (C=O) groups excluding carboxylic acids is 1. The second-order valence-corrected chi connectivity index (χ2v) is 5.07. The highest BCUT2D eigenvalue weighted by Crippen LogP contribution is 2.25. The Hall–Kier alpha value is -2.19. The molecule has 120 valence electrons. The van der Waals surface area contributed by atoms with Crippen molar-refractivity contribution in [3.8, 4) is 0 Å². The monoisotopic (exact) mass is 309 g/mol. The van der Waals surface area contributed by atoms with Crippen molar-refractivity contribution < 1.29 is 19.2 Å². The largest absolute Gasteiger partial charge is 0.384 e. The van der Waals surface area contributed by atoms with E-state index in [4.69, 9.17) is 9.47 Å². The summed E-state index contributed by atoms with van der Waals surface area (Å²) in [5.74, 6) is -1.01. The lowest BCUT2D eigenvalue weighted by Crippen LogP contribution is -2.29. The Labute approximate surface area is 127 Å². The number of benzene rings is 1. The standard InChI is InChI=1S/C14H19N3O5/c1-14(21-7-8-22-14)5-6-16-12-4-3-10(17(19)20)9-11(12)13(18)15-2/h3-4,9,16H,5-8H2,1-2H3,(H,15,18). The van der Waals surface area contributed by atoms with Crippen molar-refractivity contribution in [3.05, 3.63) is 33.9 Å².